The molecule has 2 fully saturated rings. The summed E-state index contributed by atoms with van der Waals surface area (Å²) in [5.74, 6) is 0.774. The van der Waals surface area contributed by atoms with Crippen LogP contribution in [0.4, 0.5) is 0 Å². The van der Waals surface area contributed by atoms with Crippen LogP contribution >= 0.6 is 0 Å². The van der Waals surface area contributed by atoms with E-state index in [9.17, 15) is 0 Å². The largest absolute Gasteiger partial charge is 0.102 e. The summed E-state index contributed by atoms with van der Waals surface area (Å²) < 4.78 is 0. The molecule has 3 rings (SSSR count). The van der Waals surface area contributed by atoms with Gasteiger partial charge >= 0.3 is 0 Å². The Hall–Kier alpha value is -0.780. The van der Waals surface area contributed by atoms with Gasteiger partial charge in [0, 0.05) is 5.41 Å². The minimum atomic E-state index is 0.352. The zero-order valence-electron chi connectivity index (χ0n) is 9.47. The molecular formula is C15H20. The molecule has 2 unspecified atom stereocenters. The second kappa shape index (κ2) is 3.37. The van der Waals surface area contributed by atoms with E-state index in [1.54, 1.807) is 11.1 Å². The van der Waals surface area contributed by atoms with Gasteiger partial charge in [0.1, 0.15) is 0 Å². The first-order valence-corrected chi connectivity index (χ1v) is 6.37. The van der Waals surface area contributed by atoms with Gasteiger partial charge in [0.2, 0.25) is 0 Å². The number of hydrogen-bond donors (Lipinski definition) is 0. The maximum atomic E-state index is 4.02. The van der Waals surface area contributed by atoms with E-state index in [0.717, 1.165) is 5.92 Å². The lowest BCUT2D eigenvalue weighted by Crippen LogP contribution is -2.08. The summed E-state index contributed by atoms with van der Waals surface area (Å²) in [5, 5.41) is 0. The van der Waals surface area contributed by atoms with Crippen molar-refractivity contribution in [3.05, 3.63) is 36.0 Å². The number of allylic oxidation sites excluding steroid dienone is 5. The first kappa shape index (κ1) is 9.45. The van der Waals surface area contributed by atoms with E-state index in [2.05, 4.69) is 24.8 Å². The summed E-state index contributed by atoms with van der Waals surface area (Å²) in [4.78, 5) is 0. The Morgan fingerprint density at radius 2 is 2.07 bits per heavy atom. The average Bonchev–Trinajstić information content (AvgIpc) is 2.88. The smallest absolute Gasteiger partial charge is 0.0105 e. The zero-order chi connectivity index (χ0) is 10.3. The van der Waals surface area contributed by atoms with E-state index in [1.807, 2.05) is 0 Å². The van der Waals surface area contributed by atoms with E-state index in [1.165, 1.54) is 44.9 Å². The number of fused-ring (bicyclic) bond motifs is 2. The molecule has 0 aliphatic heterocycles. The SMILES string of the molecule is C=CC12C=CC(C1)C(=C1CCCCC1)C2. The Morgan fingerprint density at radius 1 is 1.27 bits per heavy atom. The third kappa shape index (κ3) is 1.42. The minimum absolute atomic E-state index is 0.352. The molecule has 0 saturated heterocycles. The van der Waals surface area contributed by atoms with Crippen LogP contribution in [0.5, 0.6) is 0 Å². The molecule has 15 heavy (non-hydrogen) atoms. The fourth-order valence-electron chi connectivity index (χ4n) is 3.62. The van der Waals surface area contributed by atoms with Gasteiger partial charge in [-0.05, 0) is 44.4 Å². The van der Waals surface area contributed by atoms with Crippen molar-refractivity contribution in [1.82, 2.24) is 0 Å². The van der Waals surface area contributed by atoms with Crippen molar-refractivity contribution in [3.8, 4) is 0 Å². The van der Waals surface area contributed by atoms with Crippen LogP contribution in [0.1, 0.15) is 44.9 Å². The lowest BCUT2D eigenvalue weighted by Gasteiger charge is -2.23. The fraction of sp³-hybridized carbons (Fsp3) is 0.600. The molecule has 3 aliphatic carbocycles. The lowest BCUT2D eigenvalue weighted by atomic mass is 9.82. The monoisotopic (exact) mass is 200 g/mol. The third-order valence-corrected chi connectivity index (χ3v) is 4.55. The molecule has 0 heterocycles. The number of hydrogen-bond acceptors (Lipinski definition) is 0. The maximum absolute atomic E-state index is 4.02. The van der Waals surface area contributed by atoms with Crippen molar-refractivity contribution in [3.63, 3.8) is 0 Å². The molecule has 2 atom stereocenters. The Labute approximate surface area is 92.8 Å². The first-order valence-electron chi connectivity index (χ1n) is 6.37. The highest BCUT2D eigenvalue weighted by atomic mass is 14.5. The van der Waals surface area contributed by atoms with Crippen LogP contribution in [-0.2, 0) is 0 Å². The molecule has 0 nitrogen and oxygen atoms in total. The minimum Gasteiger partial charge on any atom is -0.102 e. The summed E-state index contributed by atoms with van der Waals surface area (Å²) in [6, 6.07) is 0. The van der Waals surface area contributed by atoms with Crippen molar-refractivity contribution in [2.45, 2.75) is 44.9 Å². The summed E-state index contributed by atoms with van der Waals surface area (Å²) in [6.45, 7) is 4.02. The highest BCUT2D eigenvalue weighted by Crippen LogP contribution is 2.54. The van der Waals surface area contributed by atoms with Crippen molar-refractivity contribution >= 4 is 0 Å². The van der Waals surface area contributed by atoms with Crippen molar-refractivity contribution in [2.24, 2.45) is 11.3 Å². The van der Waals surface area contributed by atoms with Gasteiger partial charge in [-0.2, -0.15) is 0 Å². The van der Waals surface area contributed by atoms with E-state index in [4.69, 9.17) is 0 Å². The molecule has 0 radical (unpaired) electrons. The van der Waals surface area contributed by atoms with Crippen LogP contribution in [0, 0.1) is 11.3 Å². The van der Waals surface area contributed by atoms with Gasteiger partial charge in [-0.15, -0.1) is 6.58 Å². The van der Waals surface area contributed by atoms with E-state index in [0.29, 0.717) is 5.41 Å². The Bertz CT molecular complexity index is 337. The second-order valence-electron chi connectivity index (χ2n) is 5.47. The van der Waals surface area contributed by atoms with Crippen molar-refractivity contribution < 1.29 is 0 Å². The molecule has 0 aromatic carbocycles. The number of rotatable bonds is 1. The molecule has 0 aromatic rings. The van der Waals surface area contributed by atoms with Gasteiger partial charge in [-0.25, -0.2) is 0 Å². The van der Waals surface area contributed by atoms with E-state index < -0.39 is 0 Å². The van der Waals surface area contributed by atoms with Crippen LogP contribution < -0.4 is 0 Å². The van der Waals surface area contributed by atoms with E-state index >= 15 is 0 Å². The fourth-order valence-corrected chi connectivity index (χ4v) is 3.62. The highest BCUT2D eigenvalue weighted by Gasteiger charge is 2.42. The van der Waals surface area contributed by atoms with Crippen LogP contribution in [0.3, 0.4) is 0 Å². The molecule has 80 valence electrons. The predicted octanol–water partition coefficient (Wildman–Crippen LogP) is 4.40. The molecule has 2 saturated carbocycles. The topological polar surface area (TPSA) is 0 Å². The summed E-state index contributed by atoms with van der Waals surface area (Å²) in [5.41, 5.74) is 3.95. The first-order chi connectivity index (χ1) is 7.33. The summed E-state index contributed by atoms with van der Waals surface area (Å²) in [6.07, 6.45) is 16.7. The van der Waals surface area contributed by atoms with Crippen LogP contribution in [0.25, 0.3) is 0 Å². The van der Waals surface area contributed by atoms with E-state index in [-0.39, 0.29) is 0 Å². The molecule has 0 spiro atoms. The normalized spacial score (nSPS) is 38.8. The van der Waals surface area contributed by atoms with Crippen LogP contribution in [-0.4, -0.2) is 0 Å². The van der Waals surface area contributed by atoms with Gasteiger partial charge < -0.3 is 0 Å². The average molecular weight is 200 g/mol. The standard InChI is InChI=1S/C15H20/c1-2-15-9-8-13(10-15)14(11-15)12-6-4-3-5-7-12/h2,8-9,13H,1,3-7,10-11H2. The Balaban J connectivity index is 1.91. The Morgan fingerprint density at radius 3 is 2.73 bits per heavy atom. The molecule has 3 aliphatic rings. The molecule has 0 N–H and O–H groups in total. The molecular weight excluding hydrogens is 180 g/mol. The van der Waals surface area contributed by atoms with Gasteiger partial charge in [0.25, 0.3) is 0 Å². The molecule has 0 heteroatoms. The zero-order valence-corrected chi connectivity index (χ0v) is 9.47. The molecule has 2 bridgehead atoms. The van der Waals surface area contributed by atoms with Crippen LogP contribution in [0.2, 0.25) is 0 Å². The van der Waals surface area contributed by atoms with Gasteiger partial charge in [-0.3, -0.25) is 0 Å². The summed E-state index contributed by atoms with van der Waals surface area (Å²) in [7, 11) is 0. The predicted molar refractivity (Wildman–Crippen MR) is 64.6 cm³/mol. The van der Waals surface area contributed by atoms with Crippen LogP contribution in [0.15, 0.2) is 36.0 Å². The lowest BCUT2D eigenvalue weighted by molar-refractivity contribution is 0.529. The van der Waals surface area contributed by atoms with Gasteiger partial charge in [0.15, 0.2) is 0 Å². The molecule has 0 aromatic heterocycles. The Kier molecular flexibility index (Phi) is 2.12. The molecule has 0 amide bonds. The van der Waals surface area contributed by atoms with Gasteiger partial charge in [-0.1, -0.05) is 35.8 Å². The summed E-state index contributed by atoms with van der Waals surface area (Å²) >= 11 is 0. The van der Waals surface area contributed by atoms with Crippen molar-refractivity contribution in [2.75, 3.05) is 0 Å². The van der Waals surface area contributed by atoms with Gasteiger partial charge in [0.05, 0.1) is 0 Å². The highest BCUT2D eigenvalue weighted by molar-refractivity contribution is 5.38. The third-order valence-electron chi connectivity index (χ3n) is 4.55. The second-order valence-corrected chi connectivity index (χ2v) is 5.47. The maximum Gasteiger partial charge on any atom is 0.0105 e. The quantitative estimate of drug-likeness (QED) is 0.550. The van der Waals surface area contributed by atoms with Crippen molar-refractivity contribution in [1.29, 1.82) is 0 Å².